The van der Waals surface area contributed by atoms with Gasteiger partial charge in [0.25, 0.3) is 0 Å². The summed E-state index contributed by atoms with van der Waals surface area (Å²) in [6.45, 7) is 0.638. The van der Waals surface area contributed by atoms with Crippen LogP contribution in [0.15, 0.2) is 64.8 Å². The molecule has 116 valence electrons. The molecule has 0 amide bonds. The number of hydrogen-bond acceptors (Lipinski definition) is 3. The van der Waals surface area contributed by atoms with Crippen LogP contribution in [-0.2, 0) is 13.0 Å². The lowest BCUT2D eigenvalue weighted by Crippen LogP contribution is -2.01. The Morgan fingerprint density at radius 1 is 1.09 bits per heavy atom. The van der Waals surface area contributed by atoms with Crippen molar-refractivity contribution in [3.05, 3.63) is 60.2 Å². The van der Waals surface area contributed by atoms with Crippen molar-refractivity contribution in [2.24, 2.45) is 16.0 Å². The average Bonchev–Trinajstić information content (AvgIpc) is 2.83. The second-order valence-electron chi connectivity index (χ2n) is 5.11. The number of aromatic nitrogens is 1. The van der Waals surface area contributed by atoms with Crippen molar-refractivity contribution < 1.29 is 5.11 Å². The van der Waals surface area contributed by atoms with E-state index in [0.717, 1.165) is 17.3 Å². The molecule has 3 aromatic rings. The predicted molar refractivity (Wildman–Crippen MR) is 95.1 cm³/mol. The zero-order chi connectivity index (χ0) is 16.2. The van der Waals surface area contributed by atoms with Gasteiger partial charge in [-0.25, -0.2) is 0 Å². The average molecular weight is 324 g/mol. The molecule has 0 radical (unpaired) electrons. The van der Waals surface area contributed by atoms with Gasteiger partial charge in [-0.2, -0.15) is 0 Å². The van der Waals surface area contributed by atoms with Gasteiger partial charge >= 0.3 is 0 Å². The van der Waals surface area contributed by atoms with Crippen LogP contribution in [-0.4, -0.2) is 14.8 Å². The molecule has 6 heteroatoms. The maximum Gasteiger partial charge on any atom is 0.220 e. The summed E-state index contributed by atoms with van der Waals surface area (Å²) in [6, 6.07) is 17.8. The van der Waals surface area contributed by atoms with Crippen LogP contribution in [0.5, 0.6) is 5.88 Å². The summed E-state index contributed by atoms with van der Waals surface area (Å²) in [6.07, 6.45) is 0.805. The fourth-order valence-electron chi connectivity index (χ4n) is 2.58. The molecule has 3 N–H and O–H groups in total. The zero-order valence-electron chi connectivity index (χ0n) is 12.4. The highest BCUT2D eigenvalue weighted by Crippen LogP contribution is 2.38. The maximum absolute atomic E-state index is 10.5. The number of nitrogens with two attached hydrogens (primary N) is 1. The number of thiocarbonyl (C=S) groups is 1. The predicted octanol–water partition coefficient (Wildman–Crippen LogP) is 3.92. The van der Waals surface area contributed by atoms with E-state index in [2.05, 4.69) is 22.4 Å². The molecule has 0 aliphatic carbocycles. The van der Waals surface area contributed by atoms with Gasteiger partial charge in [0.2, 0.25) is 11.0 Å². The Balaban J connectivity index is 1.99. The normalized spacial score (nSPS) is 11.3. The molecule has 0 saturated heterocycles. The minimum atomic E-state index is -0.0643. The van der Waals surface area contributed by atoms with Gasteiger partial charge in [-0.15, -0.1) is 10.2 Å². The van der Waals surface area contributed by atoms with E-state index in [1.165, 1.54) is 5.56 Å². The standard InChI is InChI=1S/C17H16N4OS/c18-17(23)20-19-15-13-8-4-5-9-14(13)21(16(15)22)11-10-12-6-2-1-3-7-12/h1-9,22H,10-11H2,(H2,18,23). The third-order valence-electron chi connectivity index (χ3n) is 3.63. The molecule has 0 saturated carbocycles. The van der Waals surface area contributed by atoms with Gasteiger partial charge < -0.3 is 15.4 Å². The van der Waals surface area contributed by atoms with Gasteiger partial charge in [0.05, 0.1) is 5.52 Å². The van der Waals surface area contributed by atoms with Crippen molar-refractivity contribution >= 4 is 33.9 Å². The molecular formula is C17H16N4OS. The highest BCUT2D eigenvalue weighted by Gasteiger charge is 2.16. The van der Waals surface area contributed by atoms with E-state index in [-0.39, 0.29) is 11.0 Å². The number of rotatable bonds is 4. The first-order valence-electron chi connectivity index (χ1n) is 7.22. The first-order valence-corrected chi connectivity index (χ1v) is 7.63. The van der Waals surface area contributed by atoms with E-state index in [1.54, 1.807) is 0 Å². The lowest BCUT2D eigenvalue weighted by molar-refractivity contribution is 0.422. The van der Waals surface area contributed by atoms with Gasteiger partial charge in [-0.3, -0.25) is 0 Å². The third-order valence-corrected chi connectivity index (χ3v) is 3.71. The van der Waals surface area contributed by atoms with E-state index < -0.39 is 0 Å². The quantitative estimate of drug-likeness (QED) is 0.564. The van der Waals surface area contributed by atoms with E-state index >= 15 is 0 Å². The highest BCUT2D eigenvalue weighted by molar-refractivity contribution is 7.80. The topological polar surface area (TPSA) is 75.9 Å². The molecule has 0 fully saturated rings. The summed E-state index contributed by atoms with van der Waals surface area (Å²) in [5.41, 5.74) is 7.85. The van der Waals surface area contributed by atoms with Gasteiger partial charge in [-0.1, -0.05) is 48.5 Å². The van der Waals surface area contributed by atoms with Crippen molar-refractivity contribution in [1.82, 2.24) is 4.57 Å². The largest absolute Gasteiger partial charge is 0.493 e. The fraction of sp³-hybridized carbons (Fsp3) is 0.118. The van der Waals surface area contributed by atoms with Crippen molar-refractivity contribution in [2.45, 2.75) is 13.0 Å². The number of fused-ring (bicyclic) bond motifs is 1. The van der Waals surface area contributed by atoms with Crippen LogP contribution in [0.4, 0.5) is 5.69 Å². The van der Waals surface area contributed by atoms with Gasteiger partial charge in [-0.05, 0) is 30.3 Å². The number of nitrogens with zero attached hydrogens (tertiary/aromatic N) is 3. The Morgan fingerprint density at radius 2 is 1.78 bits per heavy atom. The van der Waals surface area contributed by atoms with Crippen LogP contribution in [0.25, 0.3) is 10.9 Å². The van der Waals surface area contributed by atoms with Gasteiger partial charge in [0.1, 0.15) is 0 Å². The fourth-order valence-corrected chi connectivity index (χ4v) is 2.62. The monoisotopic (exact) mass is 324 g/mol. The van der Waals surface area contributed by atoms with Crippen LogP contribution >= 0.6 is 12.2 Å². The van der Waals surface area contributed by atoms with E-state index in [9.17, 15) is 5.11 Å². The molecule has 0 aliphatic rings. The summed E-state index contributed by atoms with van der Waals surface area (Å²) < 4.78 is 1.83. The number of aryl methyl sites for hydroxylation is 2. The van der Waals surface area contributed by atoms with Crippen LogP contribution < -0.4 is 5.73 Å². The van der Waals surface area contributed by atoms with Crippen molar-refractivity contribution in [3.8, 4) is 5.88 Å². The van der Waals surface area contributed by atoms with Gasteiger partial charge in [0, 0.05) is 11.9 Å². The molecule has 2 aromatic carbocycles. The van der Waals surface area contributed by atoms with Crippen LogP contribution in [0.3, 0.4) is 0 Å². The van der Waals surface area contributed by atoms with Crippen molar-refractivity contribution in [3.63, 3.8) is 0 Å². The molecule has 0 atom stereocenters. The Morgan fingerprint density at radius 3 is 2.52 bits per heavy atom. The van der Waals surface area contributed by atoms with Crippen molar-refractivity contribution in [1.29, 1.82) is 0 Å². The minimum absolute atomic E-state index is 0.0643. The Kier molecular flexibility index (Phi) is 4.34. The van der Waals surface area contributed by atoms with Crippen LogP contribution in [0, 0.1) is 0 Å². The molecule has 0 spiro atoms. The SMILES string of the molecule is NC(=S)N=Nc1c(O)n(CCc2ccccc2)c2ccccc12. The second-order valence-corrected chi connectivity index (χ2v) is 5.53. The minimum Gasteiger partial charge on any atom is -0.493 e. The van der Waals surface area contributed by atoms with E-state index in [0.29, 0.717) is 12.2 Å². The first kappa shape index (κ1) is 15.2. The number of hydrogen-bond donors (Lipinski definition) is 2. The molecule has 3 rings (SSSR count). The summed E-state index contributed by atoms with van der Waals surface area (Å²) in [7, 11) is 0. The van der Waals surface area contributed by atoms with Crippen LogP contribution in [0.2, 0.25) is 0 Å². The molecule has 1 heterocycles. The zero-order valence-corrected chi connectivity index (χ0v) is 13.2. The lowest BCUT2D eigenvalue weighted by atomic mass is 10.1. The summed E-state index contributed by atoms with van der Waals surface area (Å²) in [4.78, 5) is 0. The molecular weight excluding hydrogens is 308 g/mol. The van der Waals surface area contributed by atoms with Gasteiger partial charge in [0.15, 0.2) is 5.69 Å². The number of para-hydroxylation sites is 1. The highest BCUT2D eigenvalue weighted by atomic mass is 32.1. The summed E-state index contributed by atoms with van der Waals surface area (Å²) >= 11 is 4.71. The second kappa shape index (κ2) is 6.58. The summed E-state index contributed by atoms with van der Waals surface area (Å²) in [5, 5.41) is 19.0. The van der Waals surface area contributed by atoms with Crippen molar-refractivity contribution in [2.75, 3.05) is 0 Å². The number of benzene rings is 2. The molecule has 0 unspecified atom stereocenters. The van der Waals surface area contributed by atoms with E-state index in [1.807, 2.05) is 47.0 Å². The van der Waals surface area contributed by atoms with E-state index in [4.69, 9.17) is 18.0 Å². The molecule has 23 heavy (non-hydrogen) atoms. The smallest absolute Gasteiger partial charge is 0.220 e. The molecule has 0 bridgehead atoms. The number of aromatic hydroxyl groups is 1. The third kappa shape index (κ3) is 3.22. The molecule has 0 aliphatic heterocycles. The lowest BCUT2D eigenvalue weighted by Gasteiger charge is -2.07. The Labute approximate surface area is 139 Å². The number of azo groups is 1. The summed E-state index contributed by atoms with van der Waals surface area (Å²) in [5.74, 6) is 0.0714. The first-order chi connectivity index (χ1) is 11.2. The molecule has 1 aromatic heterocycles. The maximum atomic E-state index is 10.5. The Bertz CT molecular complexity index is 871. The Hall–Kier alpha value is -2.73. The van der Waals surface area contributed by atoms with Crippen LogP contribution in [0.1, 0.15) is 5.56 Å². The molecule has 5 nitrogen and oxygen atoms in total.